The number of β-amino-alcohol motifs (C(OH)–C–C–N with tert-alkyl or cyclic N) is 1. The van der Waals surface area contributed by atoms with E-state index in [4.69, 9.17) is 4.52 Å². The number of likely N-dealkylation sites (tertiary alicyclic amines) is 1. The van der Waals surface area contributed by atoms with Gasteiger partial charge in [-0.15, -0.1) is 11.3 Å². The number of alkyl halides is 3. The molecule has 2 fully saturated rings. The second kappa shape index (κ2) is 26.7. The van der Waals surface area contributed by atoms with E-state index in [1.165, 1.54) is 34.4 Å². The summed E-state index contributed by atoms with van der Waals surface area (Å²) in [6, 6.07) is 16.5. The van der Waals surface area contributed by atoms with Crippen LogP contribution in [0.3, 0.4) is 0 Å². The maximum atomic E-state index is 15.7. The van der Waals surface area contributed by atoms with Crippen molar-refractivity contribution < 1.29 is 51.2 Å². The largest absolute Gasteiger partial charge is 0.417 e. The number of piperazine rings is 1. The van der Waals surface area contributed by atoms with Crippen LogP contribution >= 0.6 is 11.3 Å². The van der Waals surface area contributed by atoms with Gasteiger partial charge in [-0.05, 0) is 101 Å². The first-order valence-electron chi connectivity index (χ1n) is 27.8. The number of pyridine rings is 1. The Hall–Kier alpha value is -7.76. The lowest BCUT2D eigenvalue weighted by Crippen LogP contribution is -2.55. The molecule has 0 unspecified atom stereocenters. The lowest BCUT2D eigenvalue weighted by atomic mass is 9.91. The Balaban J connectivity index is 0.864. The first-order valence-corrected chi connectivity index (χ1v) is 28.6. The van der Waals surface area contributed by atoms with Crippen molar-refractivity contribution in [2.75, 3.05) is 50.0 Å². The van der Waals surface area contributed by atoms with Gasteiger partial charge in [-0.3, -0.25) is 33.7 Å². The number of carbonyl (C=O) groups is 5. The molecular formula is C60H70F4N10O8S. The van der Waals surface area contributed by atoms with Crippen molar-refractivity contribution in [3.63, 3.8) is 0 Å². The van der Waals surface area contributed by atoms with Gasteiger partial charge in [0, 0.05) is 80.7 Å². The van der Waals surface area contributed by atoms with Gasteiger partial charge in [0.25, 0.3) is 11.8 Å². The van der Waals surface area contributed by atoms with Crippen LogP contribution in [0.5, 0.6) is 0 Å². The molecule has 0 saturated carbocycles. The van der Waals surface area contributed by atoms with Crippen LogP contribution in [0, 0.1) is 25.6 Å². The zero-order chi connectivity index (χ0) is 59.9. The van der Waals surface area contributed by atoms with Crippen LogP contribution in [0.2, 0.25) is 0 Å². The number of aryl methyl sites for hydroxylation is 2. The quantitative estimate of drug-likeness (QED) is 0.0293. The number of aliphatic hydroxyl groups is 1. The predicted octanol–water partition coefficient (Wildman–Crippen LogP) is 8.76. The molecule has 0 spiro atoms. The molecule has 8 rings (SSSR count). The monoisotopic (exact) mass is 1170 g/mol. The molecule has 442 valence electrons. The molecule has 6 atom stereocenters. The van der Waals surface area contributed by atoms with Gasteiger partial charge < -0.3 is 45.7 Å². The molecule has 23 heteroatoms. The normalized spacial score (nSPS) is 18.2. The average molecular weight is 1170 g/mol. The van der Waals surface area contributed by atoms with Crippen LogP contribution < -0.4 is 31.7 Å². The maximum Gasteiger partial charge on any atom is 0.417 e. The van der Waals surface area contributed by atoms with E-state index < -0.39 is 70.5 Å². The number of H-pyrrole nitrogens is 1. The second-order valence-corrected chi connectivity index (χ2v) is 22.8. The minimum absolute atomic E-state index is 0.0114. The number of unbranched alkanes of at least 4 members (excludes halogenated alkanes) is 3. The topological polar surface area (TPSA) is 235 Å². The number of aromatic nitrogens is 3. The molecule has 0 radical (unpaired) electrons. The molecular weight excluding hydrogens is 1100 g/mol. The molecule has 6 N–H and O–H groups in total. The lowest BCUT2D eigenvalue weighted by Gasteiger charge is -2.44. The summed E-state index contributed by atoms with van der Waals surface area (Å²) >= 11 is 1.50. The number of rotatable bonds is 21. The smallest absolute Gasteiger partial charge is 0.391 e. The summed E-state index contributed by atoms with van der Waals surface area (Å²) in [5.41, 5.74) is 2.57. The highest BCUT2D eigenvalue weighted by Gasteiger charge is 2.44. The van der Waals surface area contributed by atoms with Crippen molar-refractivity contribution in [1.82, 2.24) is 40.9 Å². The molecule has 18 nitrogen and oxygen atoms in total. The van der Waals surface area contributed by atoms with E-state index in [0.717, 1.165) is 22.2 Å². The molecule has 5 heterocycles. The number of aliphatic hydroxyl groups excluding tert-OH is 1. The van der Waals surface area contributed by atoms with E-state index in [2.05, 4.69) is 41.3 Å². The van der Waals surface area contributed by atoms with E-state index in [1.807, 2.05) is 70.8 Å². The summed E-state index contributed by atoms with van der Waals surface area (Å²) in [5, 5.41) is 26.2. The zero-order valence-corrected chi connectivity index (χ0v) is 48.2. The fourth-order valence-electron chi connectivity index (χ4n) is 10.8. The zero-order valence-electron chi connectivity index (χ0n) is 47.4. The van der Waals surface area contributed by atoms with Crippen molar-refractivity contribution in [2.45, 2.75) is 122 Å². The molecule has 0 aliphatic carbocycles. The molecule has 6 aromatic rings. The minimum atomic E-state index is -5.01. The molecule has 0 bridgehead atoms. The molecule has 83 heavy (non-hydrogen) atoms. The number of carbonyl (C=O) groups excluding carboxylic acids is 5. The number of benzene rings is 3. The van der Waals surface area contributed by atoms with E-state index in [-0.39, 0.29) is 78.1 Å². The molecule has 5 amide bonds. The number of likely N-dealkylation sites (N-methyl/N-ethyl adjacent to an activating group) is 1. The van der Waals surface area contributed by atoms with Crippen molar-refractivity contribution >= 4 is 52.2 Å². The highest BCUT2D eigenvalue weighted by Crippen LogP contribution is 2.38. The molecule has 2 aliphatic rings. The van der Waals surface area contributed by atoms with Gasteiger partial charge >= 0.3 is 6.18 Å². The van der Waals surface area contributed by atoms with Crippen LogP contribution in [0.4, 0.5) is 28.9 Å². The van der Waals surface area contributed by atoms with Gasteiger partial charge in [0.15, 0.2) is 0 Å². The molecule has 3 aromatic heterocycles. The van der Waals surface area contributed by atoms with Gasteiger partial charge in [-0.2, -0.15) is 13.2 Å². The van der Waals surface area contributed by atoms with E-state index >= 15 is 4.39 Å². The van der Waals surface area contributed by atoms with Crippen LogP contribution in [-0.4, -0.2) is 124 Å². The summed E-state index contributed by atoms with van der Waals surface area (Å²) in [5.74, 6) is -4.05. The van der Waals surface area contributed by atoms with E-state index in [0.29, 0.717) is 80.3 Å². The van der Waals surface area contributed by atoms with E-state index in [1.54, 1.807) is 30.6 Å². The lowest BCUT2D eigenvalue weighted by molar-refractivity contribution is -0.141. The van der Waals surface area contributed by atoms with Crippen molar-refractivity contribution in [3.05, 3.63) is 140 Å². The van der Waals surface area contributed by atoms with Crippen molar-refractivity contribution in [2.24, 2.45) is 5.92 Å². The van der Waals surface area contributed by atoms with Crippen molar-refractivity contribution in [1.29, 1.82) is 0 Å². The Morgan fingerprint density at radius 3 is 2.19 bits per heavy atom. The Bertz CT molecular complexity index is 3350. The number of hydrogen-bond acceptors (Lipinski definition) is 13. The van der Waals surface area contributed by atoms with Gasteiger partial charge in [0.1, 0.15) is 23.5 Å². The fraction of sp³-hybridized carbons (Fsp3) is 0.433. The first kappa shape index (κ1) is 61.3. The minimum Gasteiger partial charge on any atom is -0.391 e. The van der Waals surface area contributed by atoms with Gasteiger partial charge in [-0.1, -0.05) is 62.2 Å². The summed E-state index contributed by atoms with van der Waals surface area (Å²) in [6.07, 6.45) is -2.74. The standard InChI is InChI=1S/C60H70F4N10O8S/c1-33(2)54(51-22-34(3)71-82-51)59(81)74-31-42(75)25-50(74)58(80)69-47(38-12-14-39(15-13-38)55-37(6)68-32-83-55)27-53(77)65-20-10-8-9-11-21-66-56(78)41-16-18-46(61)43(23-41)40-17-19-49(73-29-35(4)72(7)36(5)30-73)48(24-40)70-57(79)44-28-67-52(76)26-45(44)60(62,63)64/h12-19,22-24,26,28,32-33,35-36,42,47,50,54,75H,8-11,20-21,25,27,29-31H2,1-7H3,(H,65,77)(H,66,78)(H,67,76)(H,69,80)(H,70,79)/t35-,36+,42-,47+,50+,54-/m1/s1. The Morgan fingerprint density at radius 1 is 0.867 bits per heavy atom. The average Bonchev–Trinajstić information content (AvgIpc) is 4.29. The molecule has 2 aliphatic heterocycles. The SMILES string of the molecule is Cc1cc([C@H](C(=O)N2C[C@H](O)C[C@H]2C(=O)N[C@@H](CC(=O)NCCCCCCNC(=O)c2ccc(F)c(-c3ccc(N4C[C@@H](C)N(C)[C@@H](C)C4)c(NC(=O)c4c[nH]c(=O)cc4C(F)(F)F)c3)c2)c2ccc(-c3scnc3C)cc2)C(C)C)on1. The number of aromatic amines is 1. The molecule has 2 saturated heterocycles. The third-order valence-electron chi connectivity index (χ3n) is 15.4. The number of halogens is 4. The number of amides is 5. The van der Waals surface area contributed by atoms with Crippen LogP contribution in [-0.2, 0) is 20.6 Å². The summed E-state index contributed by atoms with van der Waals surface area (Å²) in [6.45, 7) is 13.1. The number of anilines is 2. The molecule has 3 aromatic carbocycles. The number of nitrogens with one attached hydrogen (secondary N) is 5. The van der Waals surface area contributed by atoms with Gasteiger partial charge in [-0.25, -0.2) is 9.37 Å². The predicted molar refractivity (Wildman–Crippen MR) is 307 cm³/mol. The van der Waals surface area contributed by atoms with Crippen LogP contribution in [0.25, 0.3) is 21.6 Å². The number of hydrogen-bond donors (Lipinski definition) is 6. The highest BCUT2D eigenvalue weighted by molar-refractivity contribution is 7.13. The maximum absolute atomic E-state index is 15.7. The highest BCUT2D eigenvalue weighted by atomic mass is 32.1. The number of nitrogens with zero attached hydrogens (tertiary/aromatic N) is 5. The summed E-state index contributed by atoms with van der Waals surface area (Å²) in [7, 11) is 1.98. The summed E-state index contributed by atoms with van der Waals surface area (Å²) < 4.78 is 63.3. The first-order chi connectivity index (χ1) is 39.5. The van der Waals surface area contributed by atoms with Crippen molar-refractivity contribution in [3.8, 4) is 21.6 Å². The van der Waals surface area contributed by atoms with Gasteiger partial charge in [0.05, 0.1) is 62.8 Å². The Morgan fingerprint density at radius 2 is 1.55 bits per heavy atom. The third-order valence-corrected chi connectivity index (χ3v) is 16.4. The Kier molecular flexibility index (Phi) is 19.7. The second-order valence-electron chi connectivity index (χ2n) is 21.9. The fourth-order valence-corrected chi connectivity index (χ4v) is 11.6. The number of thiazole rings is 1. The van der Waals surface area contributed by atoms with Crippen LogP contribution in [0.15, 0.2) is 93.8 Å². The van der Waals surface area contributed by atoms with E-state index in [9.17, 15) is 47.0 Å². The Labute approximate surface area is 482 Å². The summed E-state index contributed by atoms with van der Waals surface area (Å²) in [4.78, 5) is 94.0. The van der Waals surface area contributed by atoms with Gasteiger partial charge in [0.2, 0.25) is 23.3 Å². The third kappa shape index (κ3) is 14.9. The van der Waals surface area contributed by atoms with Crippen LogP contribution in [0.1, 0.15) is 127 Å².